The number of rotatable bonds is 4. The number of hydrogen-bond acceptors (Lipinski definition) is 6. The van der Waals surface area contributed by atoms with Gasteiger partial charge < -0.3 is 10.2 Å². The Bertz CT molecular complexity index is 798. The van der Waals surface area contributed by atoms with Gasteiger partial charge in [0.25, 0.3) is 0 Å². The highest BCUT2D eigenvalue weighted by Crippen LogP contribution is 2.70. The predicted octanol–water partition coefficient (Wildman–Crippen LogP) is 2.96. The summed E-state index contributed by atoms with van der Waals surface area (Å²) in [5.74, 6) is -0.968. The molecule has 0 spiro atoms. The van der Waals surface area contributed by atoms with Gasteiger partial charge in [-0.25, -0.2) is 4.57 Å². The van der Waals surface area contributed by atoms with Gasteiger partial charge in [0.15, 0.2) is 5.78 Å². The van der Waals surface area contributed by atoms with E-state index in [2.05, 4.69) is 6.92 Å². The van der Waals surface area contributed by atoms with Crippen LogP contribution in [0.2, 0.25) is 0 Å². The normalized spacial score (nSPS) is 50.2. The first-order valence-electron chi connectivity index (χ1n) is 11.0. The molecule has 0 aliphatic heterocycles. The summed E-state index contributed by atoms with van der Waals surface area (Å²) in [6.07, 6.45) is 3.87. The number of ketones is 2. The van der Waals surface area contributed by atoms with Gasteiger partial charge in [-0.15, -0.1) is 4.20 Å². The molecule has 3 N–H and O–H groups in total. The Balaban J connectivity index is 1.74. The van der Waals surface area contributed by atoms with Crippen molar-refractivity contribution in [1.82, 2.24) is 0 Å². The fourth-order valence-corrected chi connectivity index (χ4v) is 8.80. The minimum atomic E-state index is -5.52. The molecule has 4 rings (SSSR count). The number of carbonyl (C=O) groups is 2. The van der Waals surface area contributed by atoms with Crippen molar-refractivity contribution in [2.75, 3.05) is 6.61 Å². The molecule has 30 heavy (non-hydrogen) atoms. The summed E-state index contributed by atoms with van der Waals surface area (Å²) < 4.78 is 30.3. The summed E-state index contributed by atoms with van der Waals surface area (Å²) >= 11 is 0. The van der Waals surface area contributed by atoms with E-state index in [1.807, 2.05) is 0 Å². The van der Waals surface area contributed by atoms with Crippen LogP contribution < -0.4 is 0 Å². The lowest BCUT2D eigenvalue weighted by molar-refractivity contribution is -0.177. The largest absolute Gasteiger partial charge is 0.511 e. The van der Waals surface area contributed by atoms with E-state index in [9.17, 15) is 33.5 Å². The van der Waals surface area contributed by atoms with Gasteiger partial charge in [0.2, 0.25) is 0 Å². The summed E-state index contributed by atoms with van der Waals surface area (Å²) in [5, 5.41) is 19.7. The average molecular weight is 446 g/mol. The Morgan fingerprint density at radius 1 is 1.23 bits per heavy atom. The van der Waals surface area contributed by atoms with Gasteiger partial charge in [-0.05, 0) is 68.1 Å². The zero-order valence-corrected chi connectivity index (χ0v) is 18.4. The maximum atomic E-state index is 13.8. The molecule has 0 amide bonds. The Hall–Kier alpha value is -0.660. The van der Waals surface area contributed by atoms with E-state index in [1.54, 1.807) is 6.92 Å². The minimum Gasteiger partial charge on any atom is -0.393 e. The molecule has 0 saturated heterocycles. The Labute approximate surface area is 176 Å². The fourth-order valence-electron chi connectivity index (χ4n) is 8.02. The van der Waals surface area contributed by atoms with Gasteiger partial charge in [-0.2, -0.15) is 0 Å². The monoisotopic (exact) mass is 446 g/mol. The zero-order valence-electron chi connectivity index (χ0n) is 17.6. The van der Waals surface area contributed by atoms with Crippen molar-refractivity contribution in [2.24, 2.45) is 34.5 Å². The number of Topliss-reactive ketones (excluding diaryl/α,β-unsaturated/α-hetero) is 2. The van der Waals surface area contributed by atoms with Gasteiger partial charge in [-0.3, -0.25) is 19.0 Å². The van der Waals surface area contributed by atoms with E-state index in [1.165, 1.54) is 0 Å². The first-order chi connectivity index (χ1) is 13.9. The van der Waals surface area contributed by atoms with E-state index >= 15 is 0 Å². The maximum absolute atomic E-state index is 13.8. The van der Waals surface area contributed by atoms with E-state index < -0.39 is 31.3 Å². The molecule has 4 aliphatic rings. The summed E-state index contributed by atoms with van der Waals surface area (Å²) in [7, 11) is -5.52. The van der Waals surface area contributed by atoms with Crippen LogP contribution in [0.15, 0.2) is 0 Å². The van der Waals surface area contributed by atoms with Crippen molar-refractivity contribution in [2.45, 2.75) is 76.9 Å². The lowest BCUT2D eigenvalue weighted by Crippen LogP contribution is -2.62. The Morgan fingerprint density at radius 2 is 1.93 bits per heavy atom. The fraction of sp³-hybridized carbons (Fsp3) is 0.905. The van der Waals surface area contributed by atoms with Gasteiger partial charge in [0, 0.05) is 17.8 Å². The van der Waals surface area contributed by atoms with E-state index in [0.29, 0.717) is 19.3 Å². The first kappa shape index (κ1) is 22.5. The molecule has 9 atom stereocenters. The van der Waals surface area contributed by atoms with Gasteiger partial charge in [0.05, 0.1) is 6.10 Å². The number of halogens is 1. The smallest absolute Gasteiger partial charge is 0.393 e. The standard InChI is InChI=1S/C21H32FO7P/c1-19-7-5-13(24)9-12(19)3-4-14-15-6-8-21(17(26)11-23,29-30(22,27)28)20(15,2)10-16(25)18(14)19/h12-15,18,23-24H,3-11H2,1-2H3,(H,27,28)/t12-,13-,14+,15+,18-,19+,20+,21+/m1/s1. The third-order valence-electron chi connectivity index (χ3n) is 9.31. The summed E-state index contributed by atoms with van der Waals surface area (Å²) in [4.78, 5) is 35.7. The highest BCUT2D eigenvalue weighted by atomic mass is 31.2. The topological polar surface area (TPSA) is 121 Å². The van der Waals surface area contributed by atoms with Crippen molar-refractivity contribution in [3.8, 4) is 0 Å². The average Bonchev–Trinajstić information content (AvgIpc) is 2.92. The first-order valence-corrected chi connectivity index (χ1v) is 12.4. The second kappa shape index (κ2) is 7.17. The van der Waals surface area contributed by atoms with Crippen LogP contribution in [0, 0.1) is 34.5 Å². The number of hydrogen-bond donors (Lipinski definition) is 3. The van der Waals surface area contributed by atoms with E-state index in [0.717, 1.165) is 19.3 Å². The predicted molar refractivity (Wildman–Crippen MR) is 105 cm³/mol. The number of aliphatic hydroxyl groups excluding tert-OH is 2. The molecular weight excluding hydrogens is 414 g/mol. The second-order valence-corrected chi connectivity index (χ2v) is 11.6. The maximum Gasteiger partial charge on any atom is 0.511 e. The number of aliphatic hydroxyl groups is 2. The zero-order chi connectivity index (χ0) is 22.1. The van der Waals surface area contributed by atoms with Crippen LogP contribution >= 0.6 is 7.91 Å². The third kappa shape index (κ3) is 3.09. The molecule has 7 nitrogen and oxygen atoms in total. The SMILES string of the molecule is C[C@]12CC[C@@H](O)C[C@H]1CC[C@@H]1[C@@H]2C(=O)C[C@@]2(C)[C@H]1CC[C@]2(OP(=O)(O)F)C(=O)CO. The highest BCUT2D eigenvalue weighted by Gasteiger charge is 2.71. The highest BCUT2D eigenvalue weighted by molar-refractivity contribution is 7.47. The number of carbonyl (C=O) groups excluding carboxylic acids is 2. The lowest BCUT2D eigenvalue weighted by Gasteiger charge is -2.60. The molecule has 4 aliphatic carbocycles. The van der Waals surface area contributed by atoms with Crippen LogP contribution in [0.3, 0.4) is 0 Å². The molecule has 0 aromatic heterocycles. The van der Waals surface area contributed by atoms with Crippen LogP contribution in [-0.2, 0) is 18.7 Å². The summed E-state index contributed by atoms with van der Waals surface area (Å²) in [5.41, 5.74) is -3.35. The summed E-state index contributed by atoms with van der Waals surface area (Å²) in [6.45, 7) is 2.88. The Morgan fingerprint density at radius 3 is 2.57 bits per heavy atom. The summed E-state index contributed by atoms with van der Waals surface area (Å²) in [6, 6.07) is 0. The van der Waals surface area contributed by atoms with Crippen molar-refractivity contribution >= 4 is 19.5 Å². The van der Waals surface area contributed by atoms with Crippen molar-refractivity contribution < 1.29 is 38.0 Å². The molecule has 0 bridgehead atoms. The van der Waals surface area contributed by atoms with Crippen LogP contribution in [0.5, 0.6) is 0 Å². The quantitative estimate of drug-likeness (QED) is 0.568. The van der Waals surface area contributed by atoms with Crippen molar-refractivity contribution in [1.29, 1.82) is 0 Å². The molecule has 0 radical (unpaired) electrons. The van der Waals surface area contributed by atoms with Crippen LogP contribution in [0.4, 0.5) is 4.20 Å². The van der Waals surface area contributed by atoms with Crippen molar-refractivity contribution in [3.05, 3.63) is 0 Å². The van der Waals surface area contributed by atoms with Gasteiger partial charge >= 0.3 is 7.91 Å². The van der Waals surface area contributed by atoms with Gasteiger partial charge in [-0.1, -0.05) is 13.8 Å². The molecule has 1 unspecified atom stereocenters. The lowest BCUT2D eigenvalue weighted by atomic mass is 9.44. The minimum absolute atomic E-state index is 0.0113. The van der Waals surface area contributed by atoms with Crippen molar-refractivity contribution in [3.63, 3.8) is 0 Å². The van der Waals surface area contributed by atoms with E-state index in [4.69, 9.17) is 4.52 Å². The molecule has 4 fully saturated rings. The van der Waals surface area contributed by atoms with Crippen LogP contribution in [0.1, 0.15) is 65.2 Å². The molecule has 9 heteroatoms. The van der Waals surface area contributed by atoms with Gasteiger partial charge in [0.1, 0.15) is 18.0 Å². The van der Waals surface area contributed by atoms with Crippen LogP contribution in [-0.4, -0.2) is 45.0 Å². The molecule has 170 valence electrons. The molecule has 0 aromatic rings. The molecular formula is C21H32FO7P. The molecule has 4 saturated carbocycles. The second-order valence-electron chi connectivity index (χ2n) is 10.5. The Kier molecular flexibility index (Phi) is 5.39. The molecule has 0 aromatic carbocycles. The third-order valence-corrected chi connectivity index (χ3v) is 9.85. The molecule has 0 heterocycles. The van der Waals surface area contributed by atoms with E-state index in [-0.39, 0.29) is 53.8 Å². The van der Waals surface area contributed by atoms with Crippen LogP contribution in [0.25, 0.3) is 0 Å². The number of fused-ring (bicyclic) bond motifs is 5.